The lowest BCUT2D eigenvalue weighted by Gasteiger charge is -2.18. The van der Waals surface area contributed by atoms with E-state index in [1.54, 1.807) is 19.1 Å². The zero-order chi connectivity index (χ0) is 11.3. The van der Waals surface area contributed by atoms with E-state index in [-0.39, 0.29) is 11.8 Å². The van der Waals surface area contributed by atoms with Crippen molar-refractivity contribution in [2.75, 3.05) is 37.9 Å². The molecule has 0 aliphatic heterocycles. The Morgan fingerprint density at radius 1 is 1.60 bits per heavy atom. The summed E-state index contributed by atoms with van der Waals surface area (Å²) in [5.41, 5.74) is 5.38. The van der Waals surface area contributed by atoms with Crippen LogP contribution in [0.1, 0.15) is 6.42 Å². The molecule has 15 heavy (non-hydrogen) atoms. The van der Waals surface area contributed by atoms with Crippen molar-refractivity contribution in [3.05, 3.63) is 12.0 Å². The average Bonchev–Trinajstić information content (AvgIpc) is 2.22. The number of halogens is 1. The summed E-state index contributed by atoms with van der Waals surface area (Å²) in [6.07, 6.45) is 1.88. The molecule has 1 aromatic heterocycles. The van der Waals surface area contributed by atoms with Gasteiger partial charge in [0.2, 0.25) is 5.95 Å². The number of nitrogen functional groups attached to an aromatic ring is 1. The lowest BCUT2D eigenvalue weighted by Crippen LogP contribution is -2.22. The lowest BCUT2D eigenvalue weighted by molar-refractivity contribution is 0.196. The molecule has 0 spiro atoms. The van der Waals surface area contributed by atoms with Gasteiger partial charge in [-0.1, -0.05) is 0 Å². The molecule has 2 N–H and O–H groups in total. The van der Waals surface area contributed by atoms with E-state index in [0.29, 0.717) is 13.2 Å². The number of rotatable bonds is 5. The maximum Gasteiger partial charge on any atom is 0.222 e. The molecule has 6 heteroatoms. The first-order valence-corrected chi connectivity index (χ1v) is 4.63. The quantitative estimate of drug-likeness (QED) is 0.730. The molecule has 0 unspecified atom stereocenters. The molecule has 0 amide bonds. The van der Waals surface area contributed by atoms with Crippen LogP contribution >= 0.6 is 0 Å². The fourth-order valence-electron chi connectivity index (χ4n) is 1.19. The summed E-state index contributed by atoms with van der Waals surface area (Å²) in [7, 11) is 3.38. The van der Waals surface area contributed by atoms with Gasteiger partial charge in [-0.3, -0.25) is 0 Å². The van der Waals surface area contributed by atoms with E-state index in [1.807, 2.05) is 0 Å². The Balaban J connectivity index is 2.64. The van der Waals surface area contributed by atoms with Crippen LogP contribution in [0.3, 0.4) is 0 Å². The SMILES string of the molecule is COCCCN(C)c1nc(N)ncc1F. The maximum atomic E-state index is 13.3. The summed E-state index contributed by atoms with van der Waals surface area (Å²) in [5, 5.41) is 0. The normalized spacial score (nSPS) is 10.3. The van der Waals surface area contributed by atoms with Crippen LogP contribution in [0.5, 0.6) is 0 Å². The van der Waals surface area contributed by atoms with E-state index < -0.39 is 5.82 Å². The van der Waals surface area contributed by atoms with Crippen LogP contribution in [0, 0.1) is 5.82 Å². The van der Waals surface area contributed by atoms with Gasteiger partial charge in [0.25, 0.3) is 0 Å². The van der Waals surface area contributed by atoms with Crippen LogP contribution in [-0.2, 0) is 4.74 Å². The minimum Gasteiger partial charge on any atom is -0.385 e. The number of anilines is 2. The number of hydrogen-bond donors (Lipinski definition) is 1. The first-order chi connectivity index (χ1) is 7.15. The number of nitrogens with two attached hydrogens (primary N) is 1. The van der Waals surface area contributed by atoms with Gasteiger partial charge in [0.15, 0.2) is 11.6 Å². The molecule has 0 aliphatic rings. The Hall–Kier alpha value is -1.43. The van der Waals surface area contributed by atoms with Crippen molar-refractivity contribution in [2.24, 2.45) is 0 Å². The van der Waals surface area contributed by atoms with Crippen molar-refractivity contribution in [1.82, 2.24) is 9.97 Å². The molecule has 0 saturated carbocycles. The van der Waals surface area contributed by atoms with Crippen molar-refractivity contribution in [3.63, 3.8) is 0 Å². The zero-order valence-electron chi connectivity index (χ0n) is 8.90. The maximum absolute atomic E-state index is 13.3. The fourth-order valence-corrected chi connectivity index (χ4v) is 1.19. The van der Waals surface area contributed by atoms with Gasteiger partial charge >= 0.3 is 0 Å². The predicted octanol–water partition coefficient (Wildman–Crippen LogP) is 0.671. The Morgan fingerprint density at radius 2 is 2.33 bits per heavy atom. The number of aromatic nitrogens is 2. The van der Waals surface area contributed by atoms with Crippen LogP contribution in [0.2, 0.25) is 0 Å². The Kier molecular flexibility index (Phi) is 4.23. The highest BCUT2D eigenvalue weighted by molar-refractivity contribution is 5.41. The van der Waals surface area contributed by atoms with Gasteiger partial charge in [-0.25, -0.2) is 9.37 Å². The van der Waals surface area contributed by atoms with Crippen LogP contribution in [-0.4, -0.2) is 37.3 Å². The predicted molar refractivity (Wildman–Crippen MR) is 56.2 cm³/mol. The molecule has 0 radical (unpaired) electrons. The molecule has 1 heterocycles. The number of hydrogen-bond acceptors (Lipinski definition) is 5. The molecular formula is C9H15FN4O. The zero-order valence-corrected chi connectivity index (χ0v) is 8.90. The summed E-state index contributed by atoms with van der Waals surface area (Å²) >= 11 is 0. The smallest absolute Gasteiger partial charge is 0.222 e. The molecule has 0 saturated heterocycles. The van der Waals surface area contributed by atoms with E-state index in [4.69, 9.17) is 10.5 Å². The second kappa shape index (κ2) is 5.45. The summed E-state index contributed by atoms with van der Waals surface area (Å²) < 4.78 is 18.2. The van der Waals surface area contributed by atoms with E-state index in [0.717, 1.165) is 12.6 Å². The summed E-state index contributed by atoms with van der Waals surface area (Å²) in [4.78, 5) is 9.07. The van der Waals surface area contributed by atoms with E-state index in [1.165, 1.54) is 0 Å². The molecule has 0 aromatic carbocycles. The second-order valence-corrected chi connectivity index (χ2v) is 3.17. The van der Waals surface area contributed by atoms with Crippen LogP contribution in [0.25, 0.3) is 0 Å². The third-order valence-electron chi connectivity index (χ3n) is 1.95. The van der Waals surface area contributed by atoms with Crippen molar-refractivity contribution >= 4 is 11.8 Å². The van der Waals surface area contributed by atoms with Crippen molar-refractivity contribution in [2.45, 2.75) is 6.42 Å². The van der Waals surface area contributed by atoms with E-state index >= 15 is 0 Å². The third-order valence-corrected chi connectivity index (χ3v) is 1.95. The van der Waals surface area contributed by atoms with E-state index in [2.05, 4.69) is 9.97 Å². The molecule has 0 fully saturated rings. The highest BCUT2D eigenvalue weighted by atomic mass is 19.1. The van der Waals surface area contributed by atoms with Crippen molar-refractivity contribution in [3.8, 4) is 0 Å². The topological polar surface area (TPSA) is 64.3 Å². The van der Waals surface area contributed by atoms with Crippen LogP contribution < -0.4 is 10.6 Å². The van der Waals surface area contributed by atoms with Gasteiger partial charge < -0.3 is 15.4 Å². The van der Waals surface area contributed by atoms with Crippen molar-refractivity contribution < 1.29 is 9.13 Å². The minimum absolute atomic E-state index is 0.0741. The Bertz CT molecular complexity index is 321. The Labute approximate surface area is 88.1 Å². The molecule has 5 nitrogen and oxygen atoms in total. The van der Waals surface area contributed by atoms with Gasteiger partial charge in [0, 0.05) is 27.3 Å². The number of nitrogens with zero attached hydrogens (tertiary/aromatic N) is 3. The molecular weight excluding hydrogens is 199 g/mol. The van der Waals surface area contributed by atoms with Gasteiger partial charge in [-0.2, -0.15) is 4.98 Å². The number of ether oxygens (including phenoxy) is 1. The summed E-state index contributed by atoms with van der Waals surface area (Å²) in [6, 6.07) is 0. The molecule has 0 atom stereocenters. The van der Waals surface area contributed by atoms with Gasteiger partial charge in [0.05, 0.1) is 6.20 Å². The summed E-state index contributed by atoms with van der Waals surface area (Å²) in [5.74, 6) is -0.173. The fraction of sp³-hybridized carbons (Fsp3) is 0.556. The van der Waals surface area contributed by atoms with Crippen molar-refractivity contribution in [1.29, 1.82) is 0 Å². The first kappa shape index (κ1) is 11.6. The second-order valence-electron chi connectivity index (χ2n) is 3.17. The molecule has 0 aliphatic carbocycles. The van der Waals surface area contributed by atoms with Crippen LogP contribution in [0.4, 0.5) is 16.2 Å². The van der Waals surface area contributed by atoms with Gasteiger partial charge in [0.1, 0.15) is 0 Å². The highest BCUT2D eigenvalue weighted by Gasteiger charge is 2.09. The van der Waals surface area contributed by atoms with Gasteiger partial charge in [-0.05, 0) is 6.42 Å². The summed E-state index contributed by atoms with van der Waals surface area (Å²) in [6.45, 7) is 1.29. The molecule has 1 aromatic rings. The monoisotopic (exact) mass is 214 g/mol. The third kappa shape index (κ3) is 3.32. The lowest BCUT2D eigenvalue weighted by atomic mass is 10.4. The molecule has 84 valence electrons. The Morgan fingerprint density at radius 3 is 3.00 bits per heavy atom. The molecule has 0 bridgehead atoms. The first-order valence-electron chi connectivity index (χ1n) is 4.63. The largest absolute Gasteiger partial charge is 0.385 e. The van der Waals surface area contributed by atoms with E-state index in [9.17, 15) is 4.39 Å². The molecule has 1 rings (SSSR count). The standard InChI is InChI=1S/C9H15FN4O/c1-14(4-3-5-15-2)8-7(10)6-12-9(11)13-8/h6H,3-5H2,1-2H3,(H2,11,12,13). The minimum atomic E-state index is -0.468. The number of methoxy groups -OCH3 is 1. The van der Waals surface area contributed by atoms with Crippen LogP contribution in [0.15, 0.2) is 6.20 Å². The van der Waals surface area contributed by atoms with Gasteiger partial charge in [-0.15, -0.1) is 0 Å². The average molecular weight is 214 g/mol. The highest BCUT2D eigenvalue weighted by Crippen LogP contribution is 2.14.